The molecular formula is C19H26IN5O3. The summed E-state index contributed by atoms with van der Waals surface area (Å²) in [6.45, 7) is 4.63. The van der Waals surface area contributed by atoms with Crippen molar-refractivity contribution in [2.75, 3.05) is 29.0 Å². The predicted octanol–water partition coefficient (Wildman–Crippen LogP) is 2.38. The maximum absolute atomic E-state index is 12.9. The van der Waals surface area contributed by atoms with Gasteiger partial charge in [-0.05, 0) is 59.7 Å². The first-order chi connectivity index (χ1) is 13.4. The quantitative estimate of drug-likeness (QED) is 0.459. The van der Waals surface area contributed by atoms with E-state index in [2.05, 4.69) is 32.9 Å². The maximum Gasteiger partial charge on any atom is 0.330 e. The van der Waals surface area contributed by atoms with Crippen LogP contribution in [0.2, 0.25) is 0 Å². The van der Waals surface area contributed by atoms with E-state index in [0.717, 1.165) is 15.7 Å². The smallest absolute Gasteiger partial charge is 0.330 e. The van der Waals surface area contributed by atoms with Crippen molar-refractivity contribution in [2.24, 2.45) is 0 Å². The number of nitrogens with zero attached hydrogens (tertiary/aromatic N) is 2. The molecule has 1 heterocycles. The number of anilines is 3. The second-order valence-corrected chi connectivity index (χ2v) is 7.65. The van der Waals surface area contributed by atoms with Gasteiger partial charge in [0.25, 0.3) is 5.56 Å². The molecule has 0 spiro atoms. The van der Waals surface area contributed by atoms with Gasteiger partial charge in [-0.3, -0.25) is 19.1 Å². The number of hydrogen-bond acceptors (Lipinski definition) is 5. The number of unbranched alkanes of at least 4 members (excludes halogenated alkanes) is 1. The zero-order valence-corrected chi connectivity index (χ0v) is 18.3. The van der Waals surface area contributed by atoms with Gasteiger partial charge in [-0.1, -0.05) is 20.3 Å². The van der Waals surface area contributed by atoms with E-state index in [0.29, 0.717) is 25.9 Å². The molecule has 2 rings (SSSR count). The van der Waals surface area contributed by atoms with Crippen molar-refractivity contribution in [3.05, 3.63) is 48.7 Å². The number of carbonyl (C=O) groups excluding carboxylic acids is 1. The van der Waals surface area contributed by atoms with Gasteiger partial charge in [-0.25, -0.2) is 4.79 Å². The summed E-state index contributed by atoms with van der Waals surface area (Å²) in [4.78, 5) is 41.1. The summed E-state index contributed by atoms with van der Waals surface area (Å²) in [7, 11) is 0. The highest BCUT2D eigenvalue weighted by atomic mass is 127. The molecule has 0 bridgehead atoms. The Kier molecular flexibility index (Phi) is 8.09. The van der Waals surface area contributed by atoms with Crippen molar-refractivity contribution >= 4 is 45.7 Å². The van der Waals surface area contributed by atoms with Crippen molar-refractivity contribution < 1.29 is 4.79 Å². The Hall–Kier alpha value is -2.30. The Morgan fingerprint density at radius 1 is 1.21 bits per heavy atom. The van der Waals surface area contributed by atoms with E-state index in [-0.39, 0.29) is 24.0 Å². The van der Waals surface area contributed by atoms with E-state index in [1.807, 2.05) is 38.1 Å². The van der Waals surface area contributed by atoms with E-state index in [9.17, 15) is 14.4 Å². The van der Waals surface area contributed by atoms with E-state index in [1.165, 1.54) is 9.47 Å². The Morgan fingerprint density at radius 2 is 1.89 bits per heavy atom. The molecule has 28 heavy (non-hydrogen) atoms. The van der Waals surface area contributed by atoms with E-state index >= 15 is 0 Å². The summed E-state index contributed by atoms with van der Waals surface area (Å²) >= 11 is 2.21. The lowest BCUT2D eigenvalue weighted by Gasteiger charge is -2.24. The van der Waals surface area contributed by atoms with Gasteiger partial charge < -0.3 is 16.0 Å². The Bertz CT molecular complexity index is 921. The average Bonchev–Trinajstić information content (AvgIpc) is 2.66. The number of nitrogen functional groups attached to an aromatic ring is 1. The molecule has 0 aliphatic carbocycles. The van der Waals surface area contributed by atoms with Crippen molar-refractivity contribution in [1.82, 2.24) is 9.55 Å². The van der Waals surface area contributed by atoms with Gasteiger partial charge in [0.2, 0.25) is 5.91 Å². The average molecular weight is 499 g/mol. The van der Waals surface area contributed by atoms with Gasteiger partial charge in [0.15, 0.2) is 5.69 Å². The number of benzene rings is 1. The second kappa shape index (κ2) is 10.3. The molecule has 0 aliphatic rings. The van der Waals surface area contributed by atoms with Crippen molar-refractivity contribution in [1.29, 1.82) is 0 Å². The van der Waals surface area contributed by atoms with Gasteiger partial charge in [0.1, 0.15) is 5.82 Å². The lowest BCUT2D eigenvalue weighted by Crippen LogP contribution is -2.43. The molecule has 0 fully saturated rings. The van der Waals surface area contributed by atoms with Crippen LogP contribution in [0.25, 0.3) is 0 Å². The van der Waals surface area contributed by atoms with Crippen molar-refractivity contribution in [2.45, 2.75) is 39.7 Å². The summed E-state index contributed by atoms with van der Waals surface area (Å²) in [5.74, 6) is -0.264. The van der Waals surface area contributed by atoms with E-state index in [4.69, 9.17) is 5.73 Å². The van der Waals surface area contributed by atoms with Crippen LogP contribution in [-0.4, -0.2) is 28.5 Å². The van der Waals surface area contributed by atoms with Gasteiger partial charge in [-0.15, -0.1) is 0 Å². The van der Waals surface area contributed by atoms with Crippen molar-refractivity contribution in [3.63, 3.8) is 0 Å². The molecule has 1 aromatic carbocycles. The molecule has 0 aliphatic heterocycles. The molecule has 152 valence electrons. The van der Waals surface area contributed by atoms with Crippen LogP contribution in [0.3, 0.4) is 0 Å². The van der Waals surface area contributed by atoms with Crippen LogP contribution in [0.5, 0.6) is 0 Å². The fourth-order valence-corrected chi connectivity index (χ4v) is 3.16. The summed E-state index contributed by atoms with van der Waals surface area (Å²) in [6.07, 6.45) is 2.23. The zero-order valence-electron chi connectivity index (χ0n) is 16.1. The molecule has 0 saturated heterocycles. The predicted molar refractivity (Wildman–Crippen MR) is 121 cm³/mol. The first kappa shape index (κ1) is 22.0. The first-order valence-corrected chi connectivity index (χ1v) is 10.4. The maximum atomic E-state index is 12.9. The van der Waals surface area contributed by atoms with Gasteiger partial charge in [0.05, 0.1) is 6.54 Å². The fourth-order valence-electron chi connectivity index (χ4n) is 2.80. The van der Waals surface area contributed by atoms with Gasteiger partial charge in [0, 0.05) is 22.3 Å². The zero-order chi connectivity index (χ0) is 20.7. The van der Waals surface area contributed by atoms with Crippen LogP contribution in [0.15, 0.2) is 33.9 Å². The second-order valence-electron chi connectivity index (χ2n) is 6.40. The minimum Gasteiger partial charge on any atom is -0.383 e. The van der Waals surface area contributed by atoms with E-state index < -0.39 is 11.2 Å². The molecule has 9 heteroatoms. The molecule has 1 aromatic heterocycles. The highest BCUT2D eigenvalue weighted by molar-refractivity contribution is 14.1. The molecule has 0 unspecified atom stereocenters. The highest BCUT2D eigenvalue weighted by Crippen LogP contribution is 2.18. The van der Waals surface area contributed by atoms with Gasteiger partial charge >= 0.3 is 5.69 Å². The number of rotatable bonds is 9. The molecule has 4 N–H and O–H groups in total. The normalized spacial score (nSPS) is 10.7. The van der Waals surface area contributed by atoms with Crippen LogP contribution >= 0.6 is 22.6 Å². The largest absolute Gasteiger partial charge is 0.383 e. The Balaban J connectivity index is 2.33. The summed E-state index contributed by atoms with van der Waals surface area (Å²) in [5.41, 5.74) is 5.77. The summed E-state index contributed by atoms with van der Waals surface area (Å²) in [6, 6.07) is 7.64. The van der Waals surface area contributed by atoms with Crippen LogP contribution in [0.4, 0.5) is 17.2 Å². The monoisotopic (exact) mass is 499 g/mol. The van der Waals surface area contributed by atoms with Gasteiger partial charge in [-0.2, -0.15) is 0 Å². The topological polar surface area (TPSA) is 113 Å². The SMILES string of the molecule is CCCCN(C(=O)CNc1ccc(I)cc1)c1c(N)n(CCC)c(=O)[nH]c1=O. The number of carbonyl (C=O) groups is 1. The lowest BCUT2D eigenvalue weighted by molar-refractivity contribution is -0.117. The molecule has 8 nitrogen and oxygen atoms in total. The minimum atomic E-state index is -0.645. The third-order valence-electron chi connectivity index (χ3n) is 4.26. The molecule has 2 aromatic rings. The summed E-state index contributed by atoms with van der Waals surface area (Å²) < 4.78 is 2.40. The number of hydrogen-bond donors (Lipinski definition) is 3. The molecule has 0 radical (unpaired) electrons. The number of nitrogens with one attached hydrogen (secondary N) is 2. The number of amides is 1. The molecule has 0 atom stereocenters. The number of aromatic nitrogens is 2. The summed E-state index contributed by atoms with van der Waals surface area (Å²) in [5, 5.41) is 3.07. The third-order valence-corrected chi connectivity index (χ3v) is 4.97. The fraction of sp³-hybridized carbons (Fsp3) is 0.421. The standard InChI is InChI=1S/C19H26IN5O3/c1-3-5-11-24(15(26)12-22-14-8-6-13(20)7-9-14)16-17(21)25(10-4-2)19(28)23-18(16)27/h6-9,22H,3-5,10-12,21H2,1-2H3,(H,23,27,28). The minimum absolute atomic E-state index is 0.0100. The number of nitrogens with two attached hydrogens (primary N) is 1. The van der Waals surface area contributed by atoms with Crippen LogP contribution in [0.1, 0.15) is 33.1 Å². The number of aromatic amines is 1. The third kappa shape index (κ3) is 5.37. The van der Waals surface area contributed by atoms with Crippen LogP contribution in [0, 0.1) is 3.57 Å². The highest BCUT2D eigenvalue weighted by Gasteiger charge is 2.23. The number of H-pyrrole nitrogens is 1. The van der Waals surface area contributed by atoms with Crippen LogP contribution in [-0.2, 0) is 11.3 Å². The Morgan fingerprint density at radius 3 is 2.50 bits per heavy atom. The molecule has 0 saturated carbocycles. The molecular weight excluding hydrogens is 473 g/mol. The first-order valence-electron chi connectivity index (χ1n) is 9.31. The Labute approximate surface area is 177 Å². The lowest BCUT2D eigenvalue weighted by atomic mass is 10.2. The van der Waals surface area contributed by atoms with Crippen molar-refractivity contribution in [3.8, 4) is 0 Å². The van der Waals surface area contributed by atoms with Crippen LogP contribution < -0.4 is 27.2 Å². The molecule has 1 amide bonds. The van der Waals surface area contributed by atoms with E-state index in [1.54, 1.807) is 0 Å². The number of halogens is 1.